The summed E-state index contributed by atoms with van der Waals surface area (Å²) in [4.78, 5) is 12.2. The van der Waals surface area contributed by atoms with E-state index in [2.05, 4.69) is 62.0 Å². The minimum absolute atomic E-state index is 0.140. The van der Waals surface area contributed by atoms with Crippen LogP contribution in [0.1, 0.15) is 28.7 Å². The topological polar surface area (TPSA) is 26.3 Å². The van der Waals surface area contributed by atoms with Crippen LogP contribution < -0.4 is 0 Å². The lowest BCUT2D eigenvalue weighted by molar-refractivity contribution is -0.139. The normalized spacial score (nSPS) is 20.4. The molecule has 2 unspecified atom stereocenters. The molecule has 3 aromatic carbocycles. The van der Waals surface area contributed by atoms with E-state index in [1.54, 1.807) is 0 Å². The quantitative estimate of drug-likeness (QED) is 0.487. The van der Waals surface area contributed by atoms with Gasteiger partial charge in [-0.25, -0.2) is 4.79 Å². The molecule has 3 aromatic rings. The summed E-state index contributed by atoms with van der Waals surface area (Å²) < 4.78 is 5.67. The molecule has 0 amide bonds. The zero-order chi connectivity index (χ0) is 16.7. The molecular weight excluding hydrogens is 296 g/mol. The van der Waals surface area contributed by atoms with Gasteiger partial charge >= 0.3 is 5.97 Å². The summed E-state index contributed by atoms with van der Waals surface area (Å²) >= 11 is 0. The monoisotopic (exact) mass is 314 g/mol. The Labute approximate surface area is 141 Å². The summed E-state index contributed by atoms with van der Waals surface area (Å²) in [5.74, 6) is -0.446. The fourth-order valence-corrected chi connectivity index (χ4v) is 3.36. The number of carbonyl (C=O) groups is 1. The molecule has 0 N–H and O–H groups in total. The van der Waals surface area contributed by atoms with Crippen LogP contribution in [-0.4, -0.2) is 5.97 Å². The smallest absolute Gasteiger partial charge is 0.334 e. The molecule has 0 aromatic heterocycles. The minimum atomic E-state index is -0.322. The maximum absolute atomic E-state index is 12.2. The Hall–Kier alpha value is -2.87. The molecule has 0 radical (unpaired) electrons. The molecule has 2 atom stereocenters. The first-order valence-corrected chi connectivity index (χ1v) is 8.08. The number of rotatable bonds is 2. The first-order valence-electron chi connectivity index (χ1n) is 8.08. The number of hydrogen-bond donors (Lipinski definition) is 0. The van der Waals surface area contributed by atoms with Crippen LogP contribution in [0, 0.1) is 6.92 Å². The van der Waals surface area contributed by atoms with E-state index < -0.39 is 0 Å². The third kappa shape index (κ3) is 2.41. The molecule has 4 rings (SSSR count). The van der Waals surface area contributed by atoms with E-state index in [1.165, 1.54) is 10.9 Å². The average molecular weight is 314 g/mol. The van der Waals surface area contributed by atoms with E-state index >= 15 is 0 Å². The van der Waals surface area contributed by atoms with Crippen LogP contribution in [0.15, 0.2) is 78.9 Å². The van der Waals surface area contributed by atoms with E-state index in [0.717, 1.165) is 16.5 Å². The molecule has 0 aliphatic carbocycles. The molecule has 1 heterocycles. The Morgan fingerprint density at radius 1 is 0.875 bits per heavy atom. The van der Waals surface area contributed by atoms with E-state index in [1.807, 2.05) is 18.2 Å². The maximum Gasteiger partial charge on any atom is 0.334 e. The predicted molar refractivity (Wildman–Crippen MR) is 95.8 cm³/mol. The Morgan fingerprint density at radius 2 is 1.54 bits per heavy atom. The number of cyclic esters (lactones) is 1. The van der Waals surface area contributed by atoms with Crippen molar-refractivity contribution in [3.63, 3.8) is 0 Å². The number of esters is 1. The van der Waals surface area contributed by atoms with Gasteiger partial charge in [0.2, 0.25) is 0 Å². The number of aryl methyl sites for hydroxylation is 1. The summed E-state index contributed by atoms with van der Waals surface area (Å²) in [5, 5.41) is 2.32. The van der Waals surface area contributed by atoms with Crippen molar-refractivity contribution in [3.8, 4) is 0 Å². The average Bonchev–Trinajstić information content (AvgIpc) is 2.90. The van der Waals surface area contributed by atoms with Gasteiger partial charge in [-0.3, -0.25) is 0 Å². The summed E-state index contributed by atoms with van der Waals surface area (Å²) in [5.41, 5.74) is 3.79. The molecule has 118 valence electrons. The first kappa shape index (κ1) is 14.7. The third-order valence-corrected chi connectivity index (χ3v) is 4.71. The Kier molecular flexibility index (Phi) is 3.46. The Morgan fingerprint density at radius 3 is 2.29 bits per heavy atom. The number of hydrogen-bond acceptors (Lipinski definition) is 2. The van der Waals surface area contributed by atoms with Gasteiger partial charge in [0, 0.05) is 5.57 Å². The molecule has 0 bridgehead atoms. The number of carbonyl (C=O) groups excluding carboxylic acids is 1. The van der Waals surface area contributed by atoms with Gasteiger partial charge in [0.25, 0.3) is 0 Å². The fraction of sp³-hybridized carbons (Fsp3) is 0.136. The van der Waals surface area contributed by atoms with Crippen LogP contribution in [0.25, 0.3) is 10.8 Å². The van der Waals surface area contributed by atoms with Crippen LogP contribution >= 0.6 is 0 Å². The Bertz CT molecular complexity index is 938. The third-order valence-electron chi connectivity index (χ3n) is 4.71. The second-order valence-electron chi connectivity index (χ2n) is 6.35. The summed E-state index contributed by atoms with van der Waals surface area (Å²) in [6, 6.07) is 22.6. The van der Waals surface area contributed by atoms with E-state index in [0.29, 0.717) is 5.57 Å². The van der Waals surface area contributed by atoms with Crippen LogP contribution in [-0.2, 0) is 9.53 Å². The largest absolute Gasteiger partial charge is 0.453 e. The highest BCUT2D eigenvalue weighted by Gasteiger charge is 2.40. The van der Waals surface area contributed by atoms with Crippen molar-refractivity contribution >= 4 is 16.7 Å². The Balaban J connectivity index is 1.80. The van der Waals surface area contributed by atoms with Crippen molar-refractivity contribution in [1.29, 1.82) is 0 Å². The molecule has 2 nitrogen and oxygen atoms in total. The highest BCUT2D eigenvalue weighted by atomic mass is 16.6. The van der Waals surface area contributed by atoms with Gasteiger partial charge in [-0.15, -0.1) is 0 Å². The van der Waals surface area contributed by atoms with Crippen molar-refractivity contribution in [2.45, 2.75) is 18.9 Å². The molecule has 1 fully saturated rings. The molecule has 1 saturated heterocycles. The molecular formula is C22H18O2. The van der Waals surface area contributed by atoms with Gasteiger partial charge in [0.05, 0.1) is 5.92 Å². The zero-order valence-corrected chi connectivity index (χ0v) is 13.5. The van der Waals surface area contributed by atoms with E-state index in [4.69, 9.17) is 4.74 Å². The van der Waals surface area contributed by atoms with Crippen molar-refractivity contribution in [2.24, 2.45) is 0 Å². The van der Waals surface area contributed by atoms with Crippen LogP contribution in [0.2, 0.25) is 0 Å². The lowest BCUT2D eigenvalue weighted by atomic mass is 9.85. The lowest BCUT2D eigenvalue weighted by Crippen LogP contribution is -2.07. The maximum atomic E-state index is 12.2. The van der Waals surface area contributed by atoms with Gasteiger partial charge in [0.15, 0.2) is 0 Å². The predicted octanol–water partition coefficient (Wildman–Crippen LogP) is 5.09. The van der Waals surface area contributed by atoms with Crippen molar-refractivity contribution in [1.82, 2.24) is 0 Å². The summed E-state index contributed by atoms with van der Waals surface area (Å²) in [7, 11) is 0. The van der Waals surface area contributed by atoms with Crippen molar-refractivity contribution in [3.05, 3.63) is 95.6 Å². The molecule has 0 saturated carbocycles. The molecule has 1 aliphatic rings. The molecule has 1 aliphatic heterocycles. The second-order valence-corrected chi connectivity index (χ2v) is 6.35. The van der Waals surface area contributed by atoms with Gasteiger partial charge in [-0.2, -0.15) is 0 Å². The second kappa shape index (κ2) is 5.64. The number of benzene rings is 3. The zero-order valence-electron chi connectivity index (χ0n) is 13.5. The van der Waals surface area contributed by atoms with Crippen LogP contribution in [0.5, 0.6) is 0 Å². The summed E-state index contributed by atoms with van der Waals surface area (Å²) in [6.07, 6.45) is -0.322. The van der Waals surface area contributed by atoms with Crippen LogP contribution in [0.4, 0.5) is 0 Å². The number of fused-ring (bicyclic) bond motifs is 1. The highest BCUT2D eigenvalue weighted by molar-refractivity contribution is 5.93. The SMILES string of the molecule is C=C1C(=O)OC(c2ccc3ccccc3c2)C1c1ccc(C)cc1. The first-order chi connectivity index (χ1) is 11.6. The molecule has 24 heavy (non-hydrogen) atoms. The molecule has 2 heteroatoms. The van der Waals surface area contributed by atoms with E-state index in [-0.39, 0.29) is 18.0 Å². The van der Waals surface area contributed by atoms with Gasteiger partial charge in [-0.1, -0.05) is 72.8 Å². The summed E-state index contributed by atoms with van der Waals surface area (Å²) in [6.45, 7) is 6.03. The van der Waals surface area contributed by atoms with Crippen molar-refractivity contribution in [2.75, 3.05) is 0 Å². The van der Waals surface area contributed by atoms with Gasteiger partial charge in [0.1, 0.15) is 6.10 Å². The van der Waals surface area contributed by atoms with Gasteiger partial charge in [-0.05, 0) is 34.9 Å². The molecule has 0 spiro atoms. The lowest BCUT2D eigenvalue weighted by Gasteiger charge is -2.19. The minimum Gasteiger partial charge on any atom is -0.453 e. The van der Waals surface area contributed by atoms with Crippen molar-refractivity contribution < 1.29 is 9.53 Å². The fourth-order valence-electron chi connectivity index (χ4n) is 3.36. The standard InChI is InChI=1S/C22H18O2/c1-14-7-9-17(10-8-14)20-15(2)22(23)24-21(20)19-12-11-16-5-3-4-6-18(16)13-19/h3-13,20-21H,2H2,1H3. The highest BCUT2D eigenvalue weighted by Crippen LogP contribution is 2.45. The van der Waals surface area contributed by atoms with E-state index in [9.17, 15) is 4.79 Å². The van der Waals surface area contributed by atoms with Crippen LogP contribution in [0.3, 0.4) is 0 Å². The van der Waals surface area contributed by atoms with Gasteiger partial charge < -0.3 is 4.74 Å². The number of ether oxygens (including phenoxy) is 1.